The first-order valence-electron chi connectivity index (χ1n) is 21.3. The summed E-state index contributed by atoms with van der Waals surface area (Å²) < 4.78 is 13.8. The number of nitrogens with one attached hydrogen (secondary N) is 2. The Morgan fingerprint density at radius 3 is 2.22 bits per heavy atom. The van der Waals surface area contributed by atoms with Crippen LogP contribution in [0.1, 0.15) is 68.1 Å². The van der Waals surface area contributed by atoms with Crippen molar-refractivity contribution in [3.8, 4) is 22.6 Å². The Morgan fingerprint density at radius 2 is 1.57 bits per heavy atom. The van der Waals surface area contributed by atoms with Gasteiger partial charge in [0.15, 0.2) is 0 Å². The molecule has 4 aliphatic rings. The van der Waals surface area contributed by atoms with E-state index in [9.17, 15) is 28.8 Å². The van der Waals surface area contributed by atoms with Gasteiger partial charge in [0.2, 0.25) is 11.8 Å². The molecule has 3 fully saturated rings. The van der Waals surface area contributed by atoms with Gasteiger partial charge in [-0.05, 0) is 81.7 Å². The van der Waals surface area contributed by atoms with Crippen molar-refractivity contribution < 1.29 is 33.4 Å². The topological polar surface area (TPSA) is 166 Å². The lowest BCUT2D eigenvalue weighted by molar-refractivity contribution is -0.136. The van der Waals surface area contributed by atoms with Crippen molar-refractivity contribution in [2.75, 3.05) is 79.0 Å². The summed E-state index contributed by atoms with van der Waals surface area (Å²) in [5, 5.41) is 5.96. The van der Waals surface area contributed by atoms with Crippen LogP contribution in [0, 0.1) is 0 Å². The number of imide groups is 2. The Morgan fingerprint density at radius 1 is 0.889 bits per heavy atom. The number of piperidine rings is 2. The number of ether oxygens (including phenoxy) is 2. The number of carbonyl (C=O) groups is 5. The van der Waals surface area contributed by atoms with Crippen LogP contribution in [-0.2, 0) is 23.2 Å². The fraction of sp³-hybridized carbons (Fsp3) is 0.435. The van der Waals surface area contributed by atoms with Crippen molar-refractivity contribution in [1.82, 2.24) is 34.8 Å². The summed E-state index contributed by atoms with van der Waals surface area (Å²) in [6.45, 7) is 10.6. The average molecular weight is 879 g/mol. The normalized spacial score (nSPS) is 18.6. The monoisotopic (exact) mass is 878 g/mol. The zero-order chi connectivity index (χ0) is 44.7. The number of rotatable bonds is 13. The van der Waals surface area contributed by atoms with Crippen LogP contribution in [0.2, 0.25) is 0 Å². The first-order valence-corrected chi connectivity index (χ1v) is 22.2. The Labute approximate surface area is 370 Å². The van der Waals surface area contributed by atoms with Crippen molar-refractivity contribution in [3.63, 3.8) is 0 Å². The Bertz CT molecular complexity index is 2540. The molecule has 63 heavy (non-hydrogen) atoms. The van der Waals surface area contributed by atoms with Crippen LogP contribution < -0.4 is 30.6 Å². The third-order valence-corrected chi connectivity index (χ3v) is 13.8. The summed E-state index contributed by atoms with van der Waals surface area (Å²) in [6, 6.07) is 9.88. The maximum absolute atomic E-state index is 13.7. The minimum Gasteiger partial charge on any atom is -0.496 e. The summed E-state index contributed by atoms with van der Waals surface area (Å²) in [5.41, 5.74) is 4.87. The fourth-order valence-corrected chi connectivity index (χ4v) is 10.2. The molecule has 2 N–H and O–H groups in total. The van der Waals surface area contributed by atoms with Crippen molar-refractivity contribution in [1.29, 1.82) is 0 Å². The smallest absolute Gasteiger partial charge is 0.262 e. The number of likely N-dealkylation sites (tertiary alicyclic amines) is 1. The van der Waals surface area contributed by atoms with E-state index in [1.807, 2.05) is 37.2 Å². The third kappa shape index (κ3) is 8.69. The maximum Gasteiger partial charge on any atom is 0.262 e. The molecule has 332 valence electrons. The van der Waals surface area contributed by atoms with E-state index in [0.717, 1.165) is 103 Å². The maximum atomic E-state index is 13.7. The molecule has 2 aromatic heterocycles. The largest absolute Gasteiger partial charge is 0.496 e. The Hall–Kier alpha value is -6.04. The van der Waals surface area contributed by atoms with Gasteiger partial charge >= 0.3 is 0 Å². The molecule has 0 saturated carbocycles. The standard InChI is InChI=1S/C46H54N8O8S/c1-27(11-14-51-17-19-53(20-18-51)30-7-8-31-32(23-30)46(60)54(45(31)59)36-9-10-40(55)48-42(36)56)52-15-12-29(13-16-52)47-43(57)39-24-33-41(63-39)34(26-50(4)44(33)58)28-21-37(61-5)35(25-49(2)3)38(22-28)62-6/h7-8,21-24,26,29,36H,1,9-20,25H2,2-6H3,(H,47,57)(H,48,55,56). The first kappa shape index (κ1) is 43.6. The predicted octanol–water partition coefficient (Wildman–Crippen LogP) is 3.67. The number of anilines is 1. The average Bonchev–Trinajstić information content (AvgIpc) is 3.83. The van der Waals surface area contributed by atoms with E-state index in [4.69, 9.17) is 9.47 Å². The van der Waals surface area contributed by atoms with E-state index < -0.39 is 29.7 Å². The van der Waals surface area contributed by atoms with E-state index in [1.54, 1.807) is 50.2 Å². The van der Waals surface area contributed by atoms with Gasteiger partial charge in [0.1, 0.15) is 17.5 Å². The van der Waals surface area contributed by atoms with E-state index >= 15 is 0 Å². The summed E-state index contributed by atoms with van der Waals surface area (Å²) in [5.74, 6) is -0.862. The van der Waals surface area contributed by atoms with Gasteiger partial charge < -0.3 is 34.1 Å². The zero-order valence-corrected chi connectivity index (χ0v) is 37.3. The summed E-state index contributed by atoms with van der Waals surface area (Å²) >= 11 is 1.32. The van der Waals surface area contributed by atoms with Crippen molar-refractivity contribution in [2.45, 2.75) is 50.7 Å². The SMILES string of the molecule is C=C(CCN1CCN(c2ccc3c(c2)C(=O)N(C2CCC(=O)NC2=O)C3=O)CC1)N1CCC(NC(=O)c2cc3c(=O)n(C)cc(-c4cc(OC)c(CN(C)C)c(OC)c4)c3s2)CC1. The van der Waals surface area contributed by atoms with Crippen LogP contribution >= 0.6 is 11.3 Å². The zero-order valence-electron chi connectivity index (χ0n) is 36.5. The molecule has 1 unspecified atom stereocenters. The van der Waals surface area contributed by atoms with Crippen LogP contribution in [0.25, 0.3) is 21.2 Å². The highest BCUT2D eigenvalue weighted by Crippen LogP contribution is 2.40. The van der Waals surface area contributed by atoms with Gasteiger partial charge in [0.25, 0.3) is 23.3 Å². The number of aromatic nitrogens is 1. The lowest BCUT2D eigenvalue weighted by Crippen LogP contribution is -2.54. The van der Waals surface area contributed by atoms with Gasteiger partial charge in [0, 0.05) is 99.7 Å². The van der Waals surface area contributed by atoms with Gasteiger partial charge in [0.05, 0.1) is 41.2 Å². The highest BCUT2D eigenvalue weighted by atomic mass is 32.1. The molecule has 0 bridgehead atoms. The number of fused-ring (bicyclic) bond motifs is 2. The van der Waals surface area contributed by atoms with E-state index in [1.165, 1.54) is 11.3 Å². The molecule has 1 atom stereocenters. The molecule has 0 spiro atoms. The minimum absolute atomic E-state index is 0.00644. The second-order valence-corrected chi connectivity index (χ2v) is 18.0. The number of carbonyl (C=O) groups excluding carboxylic acids is 5. The molecule has 16 nitrogen and oxygen atoms in total. The Balaban J connectivity index is 0.825. The second kappa shape index (κ2) is 18.0. The quantitative estimate of drug-likeness (QED) is 0.188. The molecular weight excluding hydrogens is 825 g/mol. The highest BCUT2D eigenvalue weighted by Gasteiger charge is 2.45. The third-order valence-electron chi connectivity index (χ3n) is 12.6. The lowest BCUT2D eigenvalue weighted by atomic mass is 10.0. The molecule has 5 amide bonds. The lowest BCUT2D eigenvalue weighted by Gasteiger charge is -2.38. The molecule has 2 aromatic carbocycles. The summed E-state index contributed by atoms with van der Waals surface area (Å²) in [7, 11) is 8.94. The van der Waals surface area contributed by atoms with Gasteiger partial charge in [-0.2, -0.15) is 0 Å². The molecule has 17 heteroatoms. The van der Waals surface area contributed by atoms with Crippen LogP contribution in [0.4, 0.5) is 5.69 Å². The van der Waals surface area contributed by atoms with Gasteiger partial charge in [-0.3, -0.25) is 43.9 Å². The van der Waals surface area contributed by atoms with E-state index in [0.29, 0.717) is 28.3 Å². The highest BCUT2D eigenvalue weighted by molar-refractivity contribution is 7.21. The summed E-state index contributed by atoms with van der Waals surface area (Å²) in [6.07, 6.45) is 4.38. The molecule has 8 rings (SSSR count). The van der Waals surface area contributed by atoms with Crippen molar-refractivity contribution >= 4 is 56.6 Å². The molecule has 4 aromatic rings. The number of piperazine rings is 1. The fourth-order valence-electron chi connectivity index (χ4n) is 9.11. The summed E-state index contributed by atoms with van der Waals surface area (Å²) in [4.78, 5) is 88.1. The van der Waals surface area contributed by atoms with E-state index in [-0.39, 0.29) is 41.5 Å². The number of hydrogen-bond acceptors (Lipinski definition) is 13. The van der Waals surface area contributed by atoms with Crippen LogP contribution in [0.15, 0.2) is 59.7 Å². The number of thiophene rings is 1. The molecule has 6 heterocycles. The minimum atomic E-state index is -0.990. The molecular formula is C46H54N8O8S. The van der Waals surface area contributed by atoms with E-state index in [2.05, 4.69) is 31.9 Å². The number of methoxy groups -OCH3 is 2. The number of aryl methyl sites for hydroxylation is 1. The van der Waals surface area contributed by atoms with Crippen LogP contribution in [-0.4, -0.2) is 140 Å². The van der Waals surface area contributed by atoms with Gasteiger partial charge in [-0.15, -0.1) is 11.3 Å². The number of benzene rings is 2. The van der Waals surface area contributed by atoms with Crippen molar-refractivity contribution in [3.05, 3.63) is 86.8 Å². The number of nitrogens with zero attached hydrogens (tertiary/aromatic N) is 6. The first-order chi connectivity index (χ1) is 30.2. The predicted molar refractivity (Wildman–Crippen MR) is 241 cm³/mol. The Kier molecular flexibility index (Phi) is 12.4. The molecule has 4 aliphatic heterocycles. The van der Waals surface area contributed by atoms with Crippen LogP contribution in [0.5, 0.6) is 11.5 Å². The van der Waals surface area contributed by atoms with Crippen molar-refractivity contribution in [2.24, 2.45) is 7.05 Å². The van der Waals surface area contributed by atoms with Gasteiger partial charge in [-0.1, -0.05) is 6.58 Å². The molecule has 3 saturated heterocycles. The van der Waals surface area contributed by atoms with Crippen LogP contribution in [0.3, 0.4) is 0 Å². The molecule has 0 radical (unpaired) electrons. The second-order valence-electron chi connectivity index (χ2n) is 17.0. The van der Waals surface area contributed by atoms with Gasteiger partial charge in [-0.25, -0.2) is 0 Å². The molecule has 0 aliphatic carbocycles. The number of amides is 5. The number of hydrogen-bond donors (Lipinski definition) is 2. The number of pyridine rings is 1.